The summed E-state index contributed by atoms with van der Waals surface area (Å²) in [4.78, 5) is 1.30. The standard InChI is InChI=1S/C60H41BN2OS2/c1-60(2,3)36-22-24-37(25-23-36)62-48-32-52-44(38-18-10-12-20-51(38)64-52)28-42(48)40-26-27-41-43-29-45-39-19-11-13-21-53(39)65-55(45)33-49(43)63-50-30-46-54(31-47(50)61-57(40)58(41)63)66-59(35-16-8-5-9-17-35)56(46)34-14-6-4-7-15-34/h4-33,61-62H,1-3H3. The maximum atomic E-state index is 6.56. The van der Waals surface area contributed by atoms with Crippen molar-refractivity contribution in [3.05, 3.63) is 188 Å². The molecule has 0 radical (unpaired) electrons. The monoisotopic (exact) mass is 880 g/mol. The van der Waals surface area contributed by atoms with Crippen molar-refractivity contribution >= 4 is 126 Å². The number of hydrogen-bond acceptors (Lipinski definition) is 4. The van der Waals surface area contributed by atoms with E-state index < -0.39 is 0 Å². The summed E-state index contributed by atoms with van der Waals surface area (Å²) in [7, 11) is 0.800. The van der Waals surface area contributed by atoms with Gasteiger partial charge in [-0.2, -0.15) is 0 Å². The second-order valence-electron chi connectivity index (χ2n) is 18.9. The Kier molecular flexibility index (Phi) is 8.09. The molecular formula is C60H41BN2OS2. The van der Waals surface area contributed by atoms with E-state index in [2.05, 4.69) is 213 Å². The van der Waals surface area contributed by atoms with Crippen molar-refractivity contribution < 1.29 is 4.42 Å². The zero-order valence-electron chi connectivity index (χ0n) is 36.7. The topological polar surface area (TPSA) is 30.1 Å². The summed E-state index contributed by atoms with van der Waals surface area (Å²) in [6, 6.07) is 67.4. The molecule has 3 nitrogen and oxygen atoms in total. The van der Waals surface area contributed by atoms with Crippen molar-refractivity contribution in [1.29, 1.82) is 0 Å². The molecule has 0 fully saturated rings. The van der Waals surface area contributed by atoms with Gasteiger partial charge in [0, 0.05) is 90.8 Å². The Morgan fingerprint density at radius 2 is 1.24 bits per heavy atom. The molecule has 0 saturated carbocycles. The molecule has 0 atom stereocenters. The van der Waals surface area contributed by atoms with Crippen molar-refractivity contribution in [2.45, 2.75) is 26.2 Å². The highest BCUT2D eigenvalue weighted by Gasteiger charge is 2.30. The van der Waals surface area contributed by atoms with E-state index in [1.54, 1.807) is 0 Å². The molecule has 0 spiro atoms. The smallest absolute Gasteiger partial charge is 0.198 e. The maximum Gasteiger partial charge on any atom is 0.198 e. The van der Waals surface area contributed by atoms with Gasteiger partial charge >= 0.3 is 0 Å². The van der Waals surface area contributed by atoms with Crippen LogP contribution in [0, 0.1) is 0 Å². The molecule has 5 heterocycles. The summed E-state index contributed by atoms with van der Waals surface area (Å²) in [5.74, 6) is 0. The van der Waals surface area contributed by atoms with E-state index in [0.717, 1.165) is 46.2 Å². The predicted molar refractivity (Wildman–Crippen MR) is 287 cm³/mol. The van der Waals surface area contributed by atoms with Crippen molar-refractivity contribution in [2.75, 3.05) is 5.32 Å². The molecule has 0 aliphatic carbocycles. The second-order valence-corrected chi connectivity index (χ2v) is 21.1. The van der Waals surface area contributed by atoms with Gasteiger partial charge in [-0.3, -0.25) is 0 Å². The van der Waals surface area contributed by atoms with Gasteiger partial charge in [-0.15, -0.1) is 22.7 Å². The predicted octanol–water partition coefficient (Wildman–Crippen LogP) is 16.0. The van der Waals surface area contributed by atoms with Gasteiger partial charge in [0.2, 0.25) is 0 Å². The number of para-hydroxylation sites is 1. The Labute approximate surface area is 390 Å². The molecule has 1 N–H and O–H groups in total. The first-order valence-electron chi connectivity index (χ1n) is 22.8. The molecule has 1 aliphatic rings. The lowest BCUT2D eigenvalue weighted by Gasteiger charge is -2.24. The van der Waals surface area contributed by atoms with E-state index >= 15 is 0 Å². The van der Waals surface area contributed by atoms with Crippen LogP contribution in [0.5, 0.6) is 0 Å². The summed E-state index contributed by atoms with van der Waals surface area (Å²) in [5.41, 5.74) is 17.9. The first-order valence-corrected chi connectivity index (χ1v) is 24.4. The van der Waals surface area contributed by atoms with Crippen LogP contribution < -0.4 is 16.2 Å². The zero-order chi connectivity index (χ0) is 43.8. The van der Waals surface area contributed by atoms with Crippen LogP contribution in [0.4, 0.5) is 11.4 Å². The van der Waals surface area contributed by atoms with Gasteiger partial charge in [-0.05, 0) is 87.7 Å². The Bertz CT molecular complexity index is 4130. The molecule has 312 valence electrons. The number of benzene rings is 9. The first kappa shape index (κ1) is 37.9. The Balaban J connectivity index is 1.07. The third-order valence-corrected chi connectivity index (χ3v) is 16.3. The molecule has 0 saturated heterocycles. The summed E-state index contributed by atoms with van der Waals surface area (Å²) in [6.45, 7) is 6.80. The average Bonchev–Trinajstić information content (AvgIpc) is 4.10. The number of fused-ring (bicyclic) bond motifs is 12. The van der Waals surface area contributed by atoms with Crippen LogP contribution in [-0.2, 0) is 5.41 Å². The van der Waals surface area contributed by atoms with Gasteiger partial charge in [0.1, 0.15) is 11.2 Å². The Morgan fingerprint density at radius 1 is 0.515 bits per heavy atom. The van der Waals surface area contributed by atoms with Crippen molar-refractivity contribution in [3.8, 4) is 38.4 Å². The SMILES string of the molecule is CC(C)(C)c1ccc(Nc2cc3oc4ccccc4c3cc2-c2ccc3c4cc5c(cc4n4c3c2Bc2cc3sc(-c6ccccc6)c(-c6ccccc6)c3cc2-4)sc2ccccc25)cc1. The molecule has 66 heavy (non-hydrogen) atoms. The normalized spacial score (nSPS) is 12.6. The van der Waals surface area contributed by atoms with E-state index in [1.807, 2.05) is 22.7 Å². The summed E-state index contributed by atoms with van der Waals surface area (Å²) >= 11 is 3.80. The molecule has 0 bridgehead atoms. The fourth-order valence-corrected chi connectivity index (χ4v) is 13.2. The molecule has 6 heteroatoms. The van der Waals surface area contributed by atoms with E-state index in [0.29, 0.717) is 0 Å². The number of anilines is 2. The molecule has 0 amide bonds. The molecule has 0 unspecified atom stereocenters. The highest BCUT2D eigenvalue weighted by atomic mass is 32.1. The van der Waals surface area contributed by atoms with Gasteiger partial charge in [-0.1, -0.05) is 148 Å². The lowest BCUT2D eigenvalue weighted by atomic mass is 9.59. The fraction of sp³-hybridized carbons (Fsp3) is 0.0667. The number of thiophene rings is 2. The van der Waals surface area contributed by atoms with Crippen LogP contribution in [0.3, 0.4) is 0 Å². The molecule has 13 aromatic rings. The van der Waals surface area contributed by atoms with Gasteiger partial charge in [0.05, 0.1) is 11.2 Å². The summed E-state index contributed by atoms with van der Waals surface area (Å²) in [6.07, 6.45) is 0. The van der Waals surface area contributed by atoms with Crippen molar-refractivity contribution in [2.24, 2.45) is 0 Å². The zero-order valence-corrected chi connectivity index (χ0v) is 38.3. The maximum absolute atomic E-state index is 6.56. The molecule has 1 aliphatic heterocycles. The van der Waals surface area contributed by atoms with E-state index in [9.17, 15) is 0 Å². The number of nitrogens with zero attached hydrogens (tertiary/aromatic N) is 1. The highest BCUT2D eigenvalue weighted by Crippen LogP contribution is 2.48. The lowest BCUT2D eigenvalue weighted by Crippen LogP contribution is -2.37. The van der Waals surface area contributed by atoms with Gasteiger partial charge < -0.3 is 14.3 Å². The van der Waals surface area contributed by atoms with Gasteiger partial charge in [0.25, 0.3) is 0 Å². The Morgan fingerprint density at radius 3 is 2.05 bits per heavy atom. The third kappa shape index (κ3) is 5.68. The average molecular weight is 881 g/mol. The molecule has 9 aromatic carbocycles. The molecule has 4 aromatic heterocycles. The van der Waals surface area contributed by atoms with E-state index in [1.165, 1.54) is 101 Å². The summed E-state index contributed by atoms with van der Waals surface area (Å²) < 4.78 is 13.1. The van der Waals surface area contributed by atoms with E-state index in [4.69, 9.17) is 4.42 Å². The van der Waals surface area contributed by atoms with Gasteiger partial charge in [0.15, 0.2) is 7.28 Å². The quantitative estimate of drug-likeness (QED) is 0.175. The van der Waals surface area contributed by atoms with Crippen LogP contribution in [0.25, 0.3) is 112 Å². The highest BCUT2D eigenvalue weighted by molar-refractivity contribution is 7.26. The molecular weight excluding hydrogens is 840 g/mol. The fourth-order valence-electron chi connectivity index (χ4n) is 10.8. The third-order valence-electron chi connectivity index (χ3n) is 14.0. The van der Waals surface area contributed by atoms with Crippen molar-refractivity contribution in [3.63, 3.8) is 0 Å². The van der Waals surface area contributed by atoms with Gasteiger partial charge in [-0.25, -0.2) is 0 Å². The van der Waals surface area contributed by atoms with Crippen LogP contribution >= 0.6 is 22.7 Å². The van der Waals surface area contributed by atoms with E-state index in [-0.39, 0.29) is 5.41 Å². The number of rotatable bonds is 5. The Hall–Kier alpha value is -7.38. The van der Waals surface area contributed by atoms with Crippen LogP contribution in [-0.4, -0.2) is 11.8 Å². The lowest BCUT2D eigenvalue weighted by molar-refractivity contribution is 0.590. The van der Waals surface area contributed by atoms with Crippen LogP contribution in [0.1, 0.15) is 26.3 Å². The number of hydrogen-bond donors (Lipinski definition) is 1. The van der Waals surface area contributed by atoms with Crippen LogP contribution in [0.2, 0.25) is 0 Å². The minimum absolute atomic E-state index is 0.0623. The number of aromatic nitrogens is 1. The largest absolute Gasteiger partial charge is 0.456 e. The molecule has 14 rings (SSSR count). The summed E-state index contributed by atoms with van der Waals surface area (Å²) in [5, 5.41) is 12.6. The number of furan rings is 1. The first-order chi connectivity index (χ1) is 32.3. The second kappa shape index (κ2) is 14.1. The van der Waals surface area contributed by atoms with Crippen molar-refractivity contribution in [1.82, 2.24) is 4.57 Å². The van der Waals surface area contributed by atoms with Crippen LogP contribution in [0.15, 0.2) is 186 Å². The minimum atomic E-state index is 0.0623. The minimum Gasteiger partial charge on any atom is -0.456 e. The number of nitrogens with one attached hydrogen (secondary N) is 1.